The number of carbonyl (C=O) groups is 1. The molecule has 0 radical (unpaired) electrons. The van der Waals surface area contributed by atoms with Crippen molar-refractivity contribution < 1.29 is 4.79 Å². The Morgan fingerprint density at radius 1 is 1.35 bits per heavy atom. The number of nitrogens with zero attached hydrogens (tertiary/aromatic N) is 2. The molecule has 1 heterocycles. The van der Waals surface area contributed by atoms with Gasteiger partial charge in [-0.3, -0.25) is 9.69 Å². The Morgan fingerprint density at radius 2 is 2.00 bits per heavy atom. The van der Waals surface area contributed by atoms with Gasteiger partial charge in [-0.25, -0.2) is 0 Å². The summed E-state index contributed by atoms with van der Waals surface area (Å²) in [5.41, 5.74) is 6.97. The van der Waals surface area contributed by atoms with Gasteiger partial charge in [0.1, 0.15) is 0 Å². The van der Waals surface area contributed by atoms with Gasteiger partial charge in [-0.1, -0.05) is 0 Å². The predicted octanol–water partition coefficient (Wildman–Crippen LogP) is 1.17. The lowest BCUT2D eigenvalue weighted by Gasteiger charge is -2.30. The van der Waals surface area contributed by atoms with Crippen LogP contribution >= 0.6 is 0 Å². The number of nitrogens with one attached hydrogen (secondary N) is 1. The second kappa shape index (κ2) is 7.04. The molecule has 1 saturated heterocycles. The molecule has 5 nitrogen and oxygen atoms in total. The fourth-order valence-corrected chi connectivity index (χ4v) is 2.41. The van der Waals surface area contributed by atoms with Gasteiger partial charge < -0.3 is 11.1 Å². The highest BCUT2D eigenvalue weighted by Gasteiger charge is 2.19. The summed E-state index contributed by atoms with van der Waals surface area (Å²) in [5, 5.41) is 11.6. The molecular weight excluding hydrogens is 252 g/mol. The number of hydrogen-bond donors (Lipinski definition) is 2. The van der Waals surface area contributed by atoms with Crippen molar-refractivity contribution in [3.63, 3.8) is 0 Å². The molecule has 0 bridgehead atoms. The molecule has 1 aromatic carbocycles. The number of rotatable bonds is 4. The Morgan fingerprint density at radius 3 is 2.55 bits per heavy atom. The van der Waals surface area contributed by atoms with Crippen molar-refractivity contribution in [2.75, 3.05) is 31.5 Å². The van der Waals surface area contributed by atoms with Crippen LogP contribution in [0.5, 0.6) is 0 Å². The highest BCUT2D eigenvalue weighted by Crippen LogP contribution is 2.15. The first-order valence-electron chi connectivity index (χ1n) is 6.93. The van der Waals surface area contributed by atoms with E-state index in [1.165, 1.54) is 0 Å². The lowest BCUT2D eigenvalue weighted by atomic mass is 9.97. The molecule has 1 aliphatic rings. The monoisotopic (exact) mass is 272 g/mol. The van der Waals surface area contributed by atoms with Gasteiger partial charge in [-0.05, 0) is 62.7 Å². The van der Waals surface area contributed by atoms with Crippen LogP contribution in [0.3, 0.4) is 0 Å². The van der Waals surface area contributed by atoms with E-state index in [1.807, 2.05) is 0 Å². The zero-order chi connectivity index (χ0) is 14.4. The normalized spacial score (nSPS) is 16.6. The summed E-state index contributed by atoms with van der Waals surface area (Å²) in [6.45, 7) is 3.02. The number of nitrogens with two attached hydrogens (primary N) is 1. The molecule has 0 atom stereocenters. The minimum Gasteiger partial charge on any atom is -0.330 e. The zero-order valence-electron chi connectivity index (χ0n) is 11.5. The topological polar surface area (TPSA) is 82.2 Å². The number of hydrogen-bond acceptors (Lipinski definition) is 4. The van der Waals surface area contributed by atoms with E-state index in [4.69, 9.17) is 11.0 Å². The molecule has 0 unspecified atom stereocenters. The van der Waals surface area contributed by atoms with Gasteiger partial charge in [-0.2, -0.15) is 5.26 Å². The summed E-state index contributed by atoms with van der Waals surface area (Å²) < 4.78 is 0. The summed E-state index contributed by atoms with van der Waals surface area (Å²) in [7, 11) is 0. The average molecular weight is 272 g/mol. The fraction of sp³-hybridized carbons (Fsp3) is 0.467. The van der Waals surface area contributed by atoms with Crippen LogP contribution in [0, 0.1) is 17.2 Å². The maximum absolute atomic E-state index is 11.9. The molecule has 1 fully saturated rings. The van der Waals surface area contributed by atoms with Crippen molar-refractivity contribution in [2.24, 2.45) is 11.7 Å². The van der Waals surface area contributed by atoms with Crippen LogP contribution < -0.4 is 11.1 Å². The molecule has 0 aromatic heterocycles. The molecule has 106 valence electrons. The smallest absolute Gasteiger partial charge is 0.238 e. The first kappa shape index (κ1) is 14.5. The van der Waals surface area contributed by atoms with Crippen molar-refractivity contribution >= 4 is 11.6 Å². The van der Waals surface area contributed by atoms with Gasteiger partial charge in [0.05, 0.1) is 18.2 Å². The Hall–Kier alpha value is -1.90. The van der Waals surface area contributed by atoms with E-state index in [0.29, 0.717) is 18.0 Å². The van der Waals surface area contributed by atoms with E-state index in [9.17, 15) is 4.79 Å². The van der Waals surface area contributed by atoms with Gasteiger partial charge in [-0.15, -0.1) is 0 Å². The first-order valence-corrected chi connectivity index (χ1v) is 6.93. The highest BCUT2D eigenvalue weighted by atomic mass is 16.2. The van der Waals surface area contributed by atoms with Crippen LogP contribution in [0.2, 0.25) is 0 Å². The summed E-state index contributed by atoms with van der Waals surface area (Å²) in [6.07, 6.45) is 2.14. The van der Waals surface area contributed by atoms with Crippen LogP contribution in [0.25, 0.3) is 0 Å². The largest absolute Gasteiger partial charge is 0.330 e. The number of piperidine rings is 1. The minimum atomic E-state index is -0.0130. The molecule has 1 aliphatic heterocycles. The first-order chi connectivity index (χ1) is 9.71. The van der Waals surface area contributed by atoms with Gasteiger partial charge in [0.25, 0.3) is 0 Å². The second-order valence-electron chi connectivity index (χ2n) is 5.19. The van der Waals surface area contributed by atoms with E-state index >= 15 is 0 Å². The molecule has 2 rings (SSSR count). The fourth-order valence-electron chi connectivity index (χ4n) is 2.41. The zero-order valence-corrected chi connectivity index (χ0v) is 11.5. The highest BCUT2D eigenvalue weighted by molar-refractivity contribution is 5.92. The third-order valence-electron chi connectivity index (χ3n) is 3.71. The van der Waals surface area contributed by atoms with Crippen molar-refractivity contribution in [3.8, 4) is 6.07 Å². The van der Waals surface area contributed by atoms with Crippen molar-refractivity contribution in [1.82, 2.24) is 4.90 Å². The third kappa shape index (κ3) is 4.05. The maximum Gasteiger partial charge on any atom is 0.238 e. The molecule has 0 spiro atoms. The molecule has 20 heavy (non-hydrogen) atoms. The maximum atomic E-state index is 11.9. The van der Waals surface area contributed by atoms with Crippen LogP contribution in [0.4, 0.5) is 5.69 Å². The van der Waals surface area contributed by atoms with Crippen molar-refractivity contribution in [1.29, 1.82) is 5.26 Å². The Bertz CT molecular complexity index is 484. The number of anilines is 1. The second-order valence-corrected chi connectivity index (χ2v) is 5.19. The van der Waals surface area contributed by atoms with E-state index < -0.39 is 0 Å². The number of amides is 1. The lowest BCUT2D eigenvalue weighted by molar-refractivity contribution is -0.117. The lowest BCUT2D eigenvalue weighted by Crippen LogP contribution is -2.40. The number of carbonyl (C=O) groups excluding carboxylic acids is 1. The minimum absolute atomic E-state index is 0.0130. The molecule has 0 saturated carbocycles. The number of nitriles is 1. The molecule has 5 heteroatoms. The quantitative estimate of drug-likeness (QED) is 0.862. The molecule has 1 amide bonds. The molecule has 1 aromatic rings. The molecule has 0 aliphatic carbocycles. The van der Waals surface area contributed by atoms with Crippen LogP contribution in [0.15, 0.2) is 24.3 Å². The summed E-state index contributed by atoms with van der Waals surface area (Å²) in [5.74, 6) is 0.591. The molecular formula is C15H20N4O. The van der Waals surface area contributed by atoms with Crippen molar-refractivity contribution in [2.45, 2.75) is 12.8 Å². The Labute approximate surface area is 119 Å². The van der Waals surface area contributed by atoms with Crippen LogP contribution in [-0.4, -0.2) is 37.0 Å². The Kier molecular flexibility index (Phi) is 5.10. The van der Waals surface area contributed by atoms with Gasteiger partial charge in [0, 0.05) is 5.69 Å². The Balaban J connectivity index is 1.79. The van der Waals surface area contributed by atoms with E-state index in [2.05, 4.69) is 16.3 Å². The van der Waals surface area contributed by atoms with Gasteiger partial charge in [0.2, 0.25) is 5.91 Å². The van der Waals surface area contributed by atoms with E-state index in [1.54, 1.807) is 24.3 Å². The van der Waals surface area contributed by atoms with E-state index in [-0.39, 0.29) is 5.91 Å². The van der Waals surface area contributed by atoms with E-state index in [0.717, 1.165) is 38.2 Å². The summed E-state index contributed by atoms with van der Waals surface area (Å²) >= 11 is 0. The third-order valence-corrected chi connectivity index (χ3v) is 3.71. The van der Waals surface area contributed by atoms with Gasteiger partial charge >= 0.3 is 0 Å². The van der Waals surface area contributed by atoms with Crippen LogP contribution in [-0.2, 0) is 4.79 Å². The number of benzene rings is 1. The summed E-state index contributed by atoms with van der Waals surface area (Å²) in [4.78, 5) is 14.1. The molecule has 3 N–H and O–H groups in total. The van der Waals surface area contributed by atoms with Crippen LogP contribution in [0.1, 0.15) is 18.4 Å². The van der Waals surface area contributed by atoms with Gasteiger partial charge in [0.15, 0.2) is 0 Å². The SMILES string of the molecule is N#Cc1ccc(NC(=O)CN2CCC(CN)CC2)cc1. The van der Waals surface area contributed by atoms with Crippen molar-refractivity contribution in [3.05, 3.63) is 29.8 Å². The average Bonchev–Trinajstić information content (AvgIpc) is 2.49. The number of likely N-dealkylation sites (tertiary alicyclic amines) is 1. The predicted molar refractivity (Wildman–Crippen MR) is 78.0 cm³/mol. The standard InChI is InChI=1S/C15H20N4O/c16-9-12-1-3-14(4-2-12)18-15(20)11-19-7-5-13(10-17)6-8-19/h1-4,13H,5-8,10-11,17H2,(H,18,20). The summed E-state index contributed by atoms with van der Waals surface area (Å²) in [6, 6.07) is 8.94.